The molecule has 0 bridgehead atoms. The summed E-state index contributed by atoms with van der Waals surface area (Å²) in [4.78, 5) is 103. The zero-order valence-corrected chi connectivity index (χ0v) is 64.2. The second-order valence-corrected chi connectivity index (χ2v) is 28.7. The van der Waals surface area contributed by atoms with Crippen molar-refractivity contribution in [2.75, 3.05) is 81.6 Å². The predicted octanol–water partition coefficient (Wildman–Crippen LogP) is 15.3. The van der Waals surface area contributed by atoms with Crippen LogP contribution in [0.3, 0.4) is 0 Å². The van der Waals surface area contributed by atoms with Crippen molar-refractivity contribution in [1.82, 2.24) is 31.9 Å². The number of carbonyl (C=O) groups is 9. The molecular weight excluding hydrogens is 1140 g/mol. The molecule has 0 saturated heterocycles. The minimum absolute atomic E-state index is 0.0631. The zero-order chi connectivity index (χ0) is 71.4. The summed E-state index contributed by atoms with van der Waals surface area (Å²) in [6, 6.07) is 0. The maximum atomic E-state index is 11.8. The van der Waals surface area contributed by atoms with Crippen LogP contribution >= 0.6 is 0 Å². The SMILES string of the molecule is CCC[C@@H](CCCCNC)C(C)=O.CC[C@@H](CCCCNC)C(C)=O.CC[C@@H](CCCCNC)C(C)=O.CNCCCC[C@H](CCC(=O)C(C)(C)C)C(C)=O.CNCCCC[C@H](CCC(=O)C(C)(C)C)C(C)=O.CNCCCC[C@H](CCC(=O)C(C)(C)C)C(C)=O. The van der Waals surface area contributed by atoms with Gasteiger partial charge in [-0.1, -0.05) is 128 Å². The average molecular weight is 1290 g/mol. The highest BCUT2D eigenvalue weighted by molar-refractivity contribution is 5.86. The van der Waals surface area contributed by atoms with Gasteiger partial charge in [0.25, 0.3) is 0 Å². The third kappa shape index (κ3) is 66.6. The minimum atomic E-state index is -0.284. The molecule has 0 fully saturated rings. The second-order valence-electron chi connectivity index (χ2n) is 28.7. The van der Waals surface area contributed by atoms with E-state index in [9.17, 15) is 43.2 Å². The van der Waals surface area contributed by atoms with E-state index >= 15 is 0 Å². The lowest BCUT2D eigenvalue weighted by molar-refractivity contribution is -0.128. The third-order valence-electron chi connectivity index (χ3n) is 17.1. The van der Waals surface area contributed by atoms with Gasteiger partial charge in [-0.25, -0.2) is 0 Å². The van der Waals surface area contributed by atoms with Gasteiger partial charge < -0.3 is 31.9 Å². The Bertz CT molecular complexity index is 1670. The van der Waals surface area contributed by atoms with E-state index in [1.54, 1.807) is 41.5 Å². The first-order valence-corrected chi connectivity index (χ1v) is 36.0. The van der Waals surface area contributed by atoms with Crippen molar-refractivity contribution in [2.45, 2.75) is 304 Å². The number of hydrogen-bond donors (Lipinski definition) is 6. The lowest BCUT2D eigenvalue weighted by atomic mass is 9.84. The second kappa shape index (κ2) is 64.1. The Hall–Kier alpha value is -3.21. The monoisotopic (exact) mass is 1290 g/mol. The first-order valence-electron chi connectivity index (χ1n) is 36.0. The van der Waals surface area contributed by atoms with Crippen LogP contribution in [0.1, 0.15) is 304 Å². The molecule has 0 spiro atoms. The van der Waals surface area contributed by atoms with Gasteiger partial charge in [0, 0.05) is 71.0 Å². The van der Waals surface area contributed by atoms with Gasteiger partial charge >= 0.3 is 0 Å². The summed E-state index contributed by atoms with van der Waals surface area (Å²) < 4.78 is 0. The quantitative estimate of drug-likeness (QED) is 0.0312. The molecule has 15 nitrogen and oxygen atoms in total. The summed E-state index contributed by atoms with van der Waals surface area (Å²) in [5.41, 5.74) is -0.853. The highest BCUT2D eigenvalue weighted by Crippen LogP contribution is 2.26. The van der Waals surface area contributed by atoms with Crippen molar-refractivity contribution in [2.24, 2.45) is 51.8 Å². The summed E-state index contributed by atoms with van der Waals surface area (Å²) in [5, 5.41) is 18.6. The zero-order valence-electron chi connectivity index (χ0n) is 64.2. The van der Waals surface area contributed by atoms with Gasteiger partial charge in [-0.05, 0) is 239 Å². The fraction of sp³-hybridized carbons (Fsp3) is 0.882. The number of rotatable bonds is 49. The van der Waals surface area contributed by atoms with Gasteiger partial charge in [-0.2, -0.15) is 0 Å². The number of hydrogen-bond acceptors (Lipinski definition) is 15. The van der Waals surface area contributed by atoms with Crippen molar-refractivity contribution in [3.05, 3.63) is 0 Å². The first-order chi connectivity index (χ1) is 42.5. The van der Waals surface area contributed by atoms with Gasteiger partial charge in [0.1, 0.15) is 52.0 Å². The Morgan fingerprint density at radius 1 is 0.253 bits per heavy atom. The Labute approximate surface area is 562 Å². The van der Waals surface area contributed by atoms with Gasteiger partial charge in [0.2, 0.25) is 0 Å². The fourth-order valence-electron chi connectivity index (χ4n) is 10.1. The van der Waals surface area contributed by atoms with E-state index in [2.05, 4.69) is 52.7 Å². The Morgan fingerprint density at radius 2 is 0.418 bits per heavy atom. The molecule has 0 aliphatic rings. The number of ketones is 9. The smallest absolute Gasteiger partial charge is 0.138 e. The van der Waals surface area contributed by atoms with Crippen molar-refractivity contribution >= 4 is 52.0 Å². The molecule has 0 aromatic rings. The van der Waals surface area contributed by atoms with Crippen LogP contribution in [-0.4, -0.2) is 134 Å². The van der Waals surface area contributed by atoms with E-state index in [1.165, 1.54) is 38.5 Å². The standard InChI is InChI=1S/3C15H29NO2.C11H23NO.2C10H21NO/c3*1-12(17)13(8-6-7-11-16-5)9-10-14(18)15(2,3)4;1-4-7-11(10(2)13)8-5-6-9-12-3;2*1-4-10(9(2)12)7-5-6-8-11-3/h3*13,16H,6-11H2,1-5H3;11-12H,4-9H2,1-3H3;2*10-11H,4-8H2,1-3H3/t3*13-;11-;2*10-/m111000/s1. The van der Waals surface area contributed by atoms with E-state index in [1.807, 2.05) is 105 Å². The molecule has 91 heavy (non-hydrogen) atoms. The molecule has 0 unspecified atom stereocenters. The summed E-state index contributed by atoms with van der Waals surface area (Å²) in [5.74, 6) is 3.62. The van der Waals surface area contributed by atoms with Crippen molar-refractivity contribution in [3.8, 4) is 0 Å². The lowest BCUT2D eigenvalue weighted by Gasteiger charge is -2.19. The van der Waals surface area contributed by atoms with Crippen LogP contribution in [0, 0.1) is 51.8 Å². The molecule has 0 amide bonds. The topological polar surface area (TPSA) is 226 Å². The van der Waals surface area contributed by atoms with E-state index in [4.69, 9.17) is 0 Å². The molecule has 0 rings (SSSR count). The Morgan fingerprint density at radius 3 is 0.549 bits per heavy atom. The van der Waals surface area contributed by atoms with Crippen molar-refractivity contribution in [3.63, 3.8) is 0 Å². The van der Waals surface area contributed by atoms with Crippen LogP contribution in [0.4, 0.5) is 0 Å². The van der Waals surface area contributed by atoms with Gasteiger partial charge in [-0.15, -0.1) is 0 Å². The van der Waals surface area contributed by atoms with E-state index < -0.39 is 0 Å². The van der Waals surface area contributed by atoms with Gasteiger partial charge in [0.05, 0.1) is 0 Å². The number of carbonyl (C=O) groups excluding carboxylic acids is 9. The molecule has 0 aliphatic heterocycles. The van der Waals surface area contributed by atoms with Crippen molar-refractivity contribution in [1.29, 1.82) is 0 Å². The molecule has 15 heteroatoms. The fourth-order valence-corrected chi connectivity index (χ4v) is 10.1. The molecule has 0 aromatic carbocycles. The van der Waals surface area contributed by atoms with Gasteiger partial charge in [0.15, 0.2) is 0 Å². The van der Waals surface area contributed by atoms with Crippen LogP contribution in [0.2, 0.25) is 0 Å². The van der Waals surface area contributed by atoms with E-state index in [0.717, 1.165) is 142 Å². The molecule has 0 aromatic heterocycles. The largest absolute Gasteiger partial charge is 0.320 e. The van der Waals surface area contributed by atoms with Crippen LogP contribution < -0.4 is 31.9 Å². The summed E-state index contributed by atoms with van der Waals surface area (Å²) in [7, 11) is 11.7. The molecule has 540 valence electrons. The summed E-state index contributed by atoms with van der Waals surface area (Å²) in [6.07, 6.45) is 27.3. The molecule has 0 heterocycles. The molecule has 6 atom stereocenters. The van der Waals surface area contributed by atoms with Gasteiger partial charge in [-0.3, -0.25) is 43.2 Å². The van der Waals surface area contributed by atoms with Crippen LogP contribution in [-0.2, 0) is 43.2 Å². The molecular formula is C76H152N6O9. The number of Topliss-reactive ketones (excluding diaryl/α,β-unsaturated/α-hetero) is 9. The predicted molar refractivity (Wildman–Crippen MR) is 388 cm³/mol. The maximum Gasteiger partial charge on any atom is 0.138 e. The molecule has 0 radical (unpaired) electrons. The van der Waals surface area contributed by atoms with E-state index in [-0.39, 0.29) is 68.7 Å². The highest BCUT2D eigenvalue weighted by atomic mass is 16.2. The van der Waals surface area contributed by atoms with Crippen LogP contribution in [0.5, 0.6) is 0 Å². The maximum absolute atomic E-state index is 11.8. The number of unbranched alkanes of at least 4 members (excludes halogenated alkanes) is 6. The average Bonchev–Trinajstić information content (AvgIpc) is 3.69. The van der Waals surface area contributed by atoms with E-state index in [0.29, 0.717) is 73.6 Å². The Kier molecular flexibility index (Phi) is 69.7. The minimum Gasteiger partial charge on any atom is -0.320 e. The lowest BCUT2D eigenvalue weighted by Crippen LogP contribution is -2.22. The normalized spacial score (nSPS) is 13.2. The summed E-state index contributed by atoms with van der Waals surface area (Å²) in [6.45, 7) is 40.0. The van der Waals surface area contributed by atoms with Crippen LogP contribution in [0.25, 0.3) is 0 Å². The Balaban J connectivity index is -0.000000240. The number of nitrogens with one attached hydrogen (secondary N) is 6. The first kappa shape index (κ1) is 98.9. The molecule has 0 saturated carbocycles. The molecule has 6 N–H and O–H groups in total. The summed E-state index contributed by atoms with van der Waals surface area (Å²) >= 11 is 0. The van der Waals surface area contributed by atoms with Crippen LogP contribution in [0.15, 0.2) is 0 Å². The third-order valence-corrected chi connectivity index (χ3v) is 17.1. The molecule has 0 aliphatic carbocycles. The highest BCUT2D eigenvalue weighted by Gasteiger charge is 2.26. The van der Waals surface area contributed by atoms with Crippen molar-refractivity contribution < 1.29 is 43.2 Å².